The molecule has 0 spiro atoms. The van der Waals surface area contributed by atoms with Gasteiger partial charge in [0.25, 0.3) is 0 Å². The number of esters is 1. The highest BCUT2D eigenvalue weighted by Gasteiger charge is 2.36. The molecule has 1 saturated heterocycles. The molecule has 6 heteroatoms. The minimum atomic E-state index is -0.182. The Bertz CT molecular complexity index is 650. The standard InChI is InChI=1S/C22H33NO5/c1-16(24)28-18-10-12-23(15-18)19-6-4-5-7-20(19)27-13-11-17-8-9-21(25-2)22(14-17)26-3/h8-9,14,18-20H,4-7,10-13,15H2,1-3H3/t18-,19-,20?/m1/s1. The highest BCUT2D eigenvalue weighted by atomic mass is 16.5. The van der Waals surface area contributed by atoms with Gasteiger partial charge in [-0.2, -0.15) is 0 Å². The van der Waals surface area contributed by atoms with Crippen LogP contribution < -0.4 is 9.47 Å². The van der Waals surface area contributed by atoms with Crippen molar-refractivity contribution in [1.29, 1.82) is 0 Å². The van der Waals surface area contributed by atoms with E-state index in [2.05, 4.69) is 11.0 Å². The van der Waals surface area contributed by atoms with E-state index in [1.165, 1.54) is 25.3 Å². The van der Waals surface area contributed by atoms with Crippen LogP contribution in [0.25, 0.3) is 0 Å². The van der Waals surface area contributed by atoms with E-state index < -0.39 is 0 Å². The summed E-state index contributed by atoms with van der Waals surface area (Å²) in [4.78, 5) is 13.7. The molecule has 0 amide bonds. The number of ether oxygens (including phenoxy) is 4. The van der Waals surface area contributed by atoms with Crippen LogP contribution in [0.2, 0.25) is 0 Å². The molecule has 0 aromatic heterocycles. The first-order valence-corrected chi connectivity index (χ1v) is 10.3. The maximum atomic E-state index is 11.2. The van der Waals surface area contributed by atoms with E-state index in [1.54, 1.807) is 14.2 Å². The summed E-state index contributed by atoms with van der Waals surface area (Å²) in [5.41, 5.74) is 1.18. The molecule has 2 aliphatic rings. The summed E-state index contributed by atoms with van der Waals surface area (Å²) in [7, 11) is 3.30. The topological polar surface area (TPSA) is 57.2 Å². The average molecular weight is 392 g/mol. The number of carbonyl (C=O) groups is 1. The lowest BCUT2D eigenvalue weighted by Crippen LogP contribution is -2.46. The Morgan fingerprint density at radius 3 is 2.64 bits per heavy atom. The van der Waals surface area contributed by atoms with Crippen molar-refractivity contribution in [3.05, 3.63) is 23.8 Å². The molecular weight excluding hydrogens is 358 g/mol. The second kappa shape index (κ2) is 10.1. The van der Waals surface area contributed by atoms with E-state index in [0.29, 0.717) is 12.6 Å². The van der Waals surface area contributed by atoms with Crippen LogP contribution in [0.5, 0.6) is 11.5 Å². The molecular formula is C22H33NO5. The quantitative estimate of drug-likeness (QED) is 0.634. The summed E-state index contributed by atoms with van der Waals surface area (Å²) < 4.78 is 22.4. The van der Waals surface area contributed by atoms with E-state index in [9.17, 15) is 4.79 Å². The first-order chi connectivity index (χ1) is 13.6. The number of likely N-dealkylation sites (tertiary alicyclic amines) is 1. The van der Waals surface area contributed by atoms with Crippen LogP contribution in [0.4, 0.5) is 0 Å². The van der Waals surface area contributed by atoms with Crippen molar-refractivity contribution in [3.8, 4) is 11.5 Å². The van der Waals surface area contributed by atoms with Crippen LogP contribution in [0.15, 0.2) is 18.2 Å². The number of benzene rings is 1. The van der Waals surface area contributed by atoms with Gasteiger partial charge in [-0.1, -0.05) is 18.9 Å². The van der Waals surface area contributed by atoms with Gasteiger partial charge in [0.1, 0.15) is 6.10 Å². The van der Waals surface area contributed by atoms with Gasteiger partial charge in [-0.05, 0) is 43.4 Å². The van der Waals surface area contributed by atoms with E-state index in [0.717, 1.165) is 50.3 Å². The number of carbonyl (C=O) groups excluding carboxylic acids is 1. The van der Waals surface area contributed by atoms with Crippen LogP contribution in [0, 0.1) is 0 Å². The number of nitrogens with zero attached hydrogens (tertiary/aromatic N) is 1. The molecule has 1 aromatic carbocycles. The second-order valence-electron chi connectivity index (χ2n) is 7.72. The fourth-order valence-electron chi connectivity index (χ4n) is 4.44. The van der Waals surface area contributed by atoms with Crippen LogP contribution in [-0.4, -0.2) is 63.0 Å². The molecule has 0 bridgehead atoms. The molecule has 6 nitrogen and oxygen atoms in total. The van der Waals surface area contributed by atoms with Crippen molar-refractivity contribution >= 4 is 5.97 Å². The minimum absolute atomic E-state index is 0.0341. The molecule has 1 aliphatic heterocycles. The molecule has 0 N–H and O–H groups in total. The molecule has 2 fully saturated rings. The minimum Gasteiger partial charge on any atom is -0.493 e. The maximum Gasteiger partial charge on any atom is 0.302 e. The molecule has 156 valence electrons. The van der Waals surface area contributed by atoms with Crippen molar-refractivity contribution in [2.75, 3.05) is 33.9 Å². The third-order valence-electron chi connectivity index (χ3n) is 5.82. The molecule has 0 radical (unpaired) electrons. The summed E-state index contributed by atoms with van der Waals surface area (Å²) in [5, 5.41) is 0. The van der Waals surface area contributed by atoms with Crippen LogP contribution in [0.3, 0.4) is 0 Å². The molecule has 3 rings (SSSR count). The zero-order valence-electron chi connectivity index (χ0n) is 17.3. The van der Waals surface area contributed by atoms with E-state index in [-0.39, 0.29) is 18.2 Å². The fraction of sp³-hybridized carbons (Fsp3) is 0.682. The van der Waals surface area contributed by atoms with Crippen molar-refractivity contribution in [2.24, 2.45) is 0 Å². The van der Waals surface area contributed by atoms with Crippen molar-refractivity contribution in [3.63, 3.8) is 0 Å². The molecule has 1 aromatic rings. The summed E-state index contributed by atoms with van der Waals surface area (Å²) in [6.45, 7) is 4.00. The number of rotatable bonds is 8. The van der Waals surface area contributed by atoms with Crippen molar-refractivity contribution in [2.45, 2.75) is 63.7 Å². The highest BCUT2D eigenvalue weighted by Crippen LogP contribution is 2.30. The number of methoxy groups -OCH3 is 2. The van der Waals surface area contributed by atoms with E-state index in [1.807, 2.05) is 12.1 Å². The SMILES string of the molecule is COc1ccc(CCOC2CCCC[C@H]2N2CC[C@@H](OC(C)=O)C2)cc1OC. The predicted molar refractivity (Wildman–Crippen MR) is 107 cm³/mol. The summed E-state index contributed by atoms with van der Waals surface area (Å²) in [6, 6.07) is 6.45. The lowest BCUT2D eigenvalue weighted by atomic mass is 9.91. The lowest BCUT2D eigenvalue weighted by Gasteiger charge is -2.37. The Morgan fingerprint density at radius 2 is 1.89 bits per heavy atom. The maximum absolute atomic E-state index is 11.2. The molecule has 1 unspecified atom stereocenters. The number of hydrogen-bond acceptors (Lipinski definition) is 6. The van der Waals surface area contributed by atoms with Crippen molar-refractivity contribution in [1.82, 2.24) is 4.90 Å². The normalized spacial score (nSPS) is 25.5. The second-order valence-corrected chi connectivity index (χ2v) is 7.72. The Hall–Kier alpha value is -1.79. The van der Waals surface area contributed by atoms with Crippen molar-refractivity contribution < 1.29 is 23.7 Å². The first kappa shape index (κ1) is 20.9. The zero-order valence-corrected chi connectivity index (χ0v) is 17.3. The first-order valence-electron chi connectivity index (χ1n) is 10.3. The Labute approximate surface area is 168 Å². The van der Waals surface area contributed by atoms with E-state index in [4.69, 9.17) is 18.9 Å². The molecule has 1 aliphatic carbocycles. The molecule has 1 saturated carbocycles. The van der Waals surface area contributed by atoms with Gasteiger partial charge in [0.2, 0.25) is 0 Å². The van der Waals surface area contributed by atoms with Gasteiger partial charge in [-0.3, -0.25) is 9.69 Å². The van der Waals surface area contributed by atoms with Gasteiger partial charge in [0.15, 0.2) is 11.5 Å². The summed E-state index contributed by atoms with van der Waals surface area (Å²) in [6.07, 6.45) is 6.79. The third-order valence-corrected chi connectivity index (χ3v) is 5.82. The summed E-state index contributed by atoms with van der Waals surface area (Å²) >= 11 is 0. The molecule has 28 heavy (non-hydrogen) atoms. The zero-order chi connectivity index (χ0) is 19.9. The largest absolute Gasteiger partial charge is 0.493 e. The Kier molecular flexibility index (Phi) is 7.57. The Balaban J connectivity index is 1.52. The van der Waals surface area contributed by atoms with Crippen LogP contribution >= 0.6 is 0 Å². The monoisotopic (exact) mass is 391 g/mol. The van der Waals surface area contributed by atoms with Gasteiger partial charge in [-0.25, -0.2) is 0 Å². The van der Waals surface area contributed by atoms with Gasteiger partial charge in [-0.15, -0.1) is 0 Å². The molecule has 1 heterocycles. The predicted octanol–water partition coefficient (Wildman–Crippen LogP) is 3.21. The van der Waals surface area contributed by atoms with Gasteiger partial charge < -0.3 is 18.9 Å². The molecule has 3 atom stereocenters. The third kappa shape index (κ3) is 5.39. The van der Waals surface area contributed by atoms with Gasteiger partial charge in [0.05, 0.1) is 26.9 Å². The highest BCUT2D eigenvalue weighted by molar-refractivity contribution is 5.66. The van der Waals surface area contributed by atoms with Crippen LogP contribution in [-0.2, 0) is 20.7 Å². The summed E-state index contributed by atoms with van der Waals surface area (Å²) in [5.74, 6) is 1.32. The number of hydrogen-bond donors (Lipinski definition) is 0. The van der Waals surface area contributed by atoms with Crippen LogP contribution in [0.1, 0.15) is 44.6 Å². The fourth-order valence-corrected chi connectivity index (χ4v) is 4.44. The van der Waals surface area contributed by atoms with E-state index >= 15 is 0 Å². The van der Waals surface area contributed by atoms with Gasteiger partial charge >= 0.3 is 5.97 Å². The Morgan fingerprint density at radius 1 is 1.11 bits per heavy atom. The average Bonchev–Trinajstić information content (AvgIpc) is 3.15. The smallest absolute Gasteiger partial charge is 0.302 e. The van der Waals surface area contributed by atoms with Gasteiger partial charge in [0, 0.05) is 26.1 Å². The lowest BCUT2D eigenvalue weighted by molar-refractivity contribution is -0.145.